The number of carbonyl (C=O) groups is 1. The summed E-state index contributed by atoms with van der Waals surface area (Å²) in [5.74, 6) is 0.120. The van der Waals surface area contributed by atoms with Gasteiger partial charge in [0.1, 0.15) is 0 Å². The van der Waals surface area contributed by atoms with Gasteiger partial charge in [-0.1, -0.05) is 12.5 Å². The zero-order valence-corrected chi connectivity index (χ0v) is 15.0. The van der Waals surface area contributed by atoms with Crippen molar-refractivity contribution < 1.29 is 18.1 Å². The fraction of sp³-hybridized carbons (Fsp3) is 0.562. The van der Waals surface area contributed by atoms with Gasteiger partial charge in [-0.25, -0.2) is 13.1 Å². The number of nitro benzene ring substituents is 1. The highest BCUT2D eigenvalue weighted by Crippen LogP contribution is 2.21. The van der Waals surface area contributed by atoms with Crippen molar-refractivity contribution in [2.75, 3.05) is 19.6 Å². The van der Waals surface area contributed by atoms with Crippen LogP contribution in [-0.2, 0) is 14.8 Å². The molecule has 0 radical (unpaired) electrons. The number of benzene rings is 1. The Morgan fingerprint density at radius 3 is 2.76 bits per heavy atom. The first-order valence-corrected chi connectivity index (χ1v) is 9.82. The first-order chi connectivity index (χ1) is 11.8. The molecule has 0 spiro atoms. The Labute approximate surface area is 147 Å². The molecule has 2 rings (SSSR count). The zero-order chi connectivity index (χ0) is 18.4. The van der Waals surface area contributed by atoms with Gasteiger partial charge in [0, 0.05) is 38.2 Å². The molecule has 25 heavy (non-hydrogen) atoms. The van der Waals surface area contributed by atoms with Crippen LogP contribution in [0.25, 0.3) is 0 Å². The minimum Gasteiger partial charge on any atom is -0.343 e. The number of sulfonamides is 1. The number of hydrogen-bond donors (Lipinski definition) is 1. The molecule has 1 N–H and O–H groups in total. The lowest BCUT2D eigenvalue weighted by Crippen LogP contribution is -2.34. The van der Waals surface area contributed by atoms with E-state index in [4.69, 9.17) is 0 Å². The van der Waals surface area contributed by atoms with E-state index < -0.39 is 14.9 Å². The molecule has 1 aliphatic rings. The van der Waals surface area contributed by atoms with Crippen molar-refractivity contribution in [3.8, 4) is 0 Å². The number of nitrogens with zero attached hydrogens (tertiary/aromatic N) is 2. The van der Waals surface area contributed by atoms with Gasteiger partial charge in [0.25, 0.3) is 5.69 Å². The van der Waals surface area contributed by atoms with Crippen molar-refractivity contribution in [2.24, 2.45) is 0 Å². The number of nitrogens with one attached hydrogen (secondary N) is 1. The summed E-state index contributed by atoms with van der Waals surface area (Å²) < 4.78 is 27.2. The SMILES string of the molecule is Cc1ccc([N+](=O)[O-])cc1S(=O)(=O)NCCCN1CCCCCC1=O. The molecule has 1 aliphatic heterocycles. The van der Waals surface area contributed by atoms with Crippen molar-refractivity contribution >= 4 is 21.6 Å². The van der Waals surface area contributed by atoms with E-state index in [9.17, 15) is 23.3 Å². The van der Waals surface area contributed by atoms with E-state index in [0.29, 0.717) is 24.9 Å². The van der Waals surface area contributed by atoms with Crippen LogP contribution in [0.5, 0.6) is 0 Å². The predicted octanol–water partition coefficient (Wildman–Crippen LogP) is 1.97. The summed E-state index contributed by atoms with van der Waals surface area (Å²) in [5, 5.41) is 10.8. The van der Waals surface area contributed by atoms with Gasteiger partial charge in [-0.2, -0.15) is 0 Å². The van der Waals surface area contributed by atoms with E-state index in [1.807, 2.05) is 0 Å². The van der Waals surface area contributed by atoms with Crippen LogP contribution in [0.15, 0.2) is 23.1 Å². The molecule has 8 nitrogen and oxygen atoms in total. The summed E-state index contributed by atoms with van der Waals surface area (Å²) in [6.07, 6.45) is 3.98. The lowest BCUT2D eigenvalue weighted by molar-refractivity contribution is -0.385. The normalized spacial score (nSPS) is 15.9. The first-order valence-electron chi connectivity index (χ1n) is 8.34. The van der Waals surface area contributed by atoms with E-state index in [2.05, 4.69) is 4.72 Å². The fourth-order valence-electron chi connectivity index (χ4n) is 2.82. The largest absolute Gasteiger partial charge is 0.343 e. The molecular formula is C16H23N3O5S. The summed E-state index contributed by atoms with van der Waals surface area (Å²) in [4.78, 5) is 23.8. The number of hydrogen-bond acceptors (Lipinski definition) is 5. The Morgan fingerprint density at radius 2 is 2.04 bits per heavy atom. The molecule has 1 fully saturated rings. The smallest absolute Gasteiger partial charge is 0.270 e. The molecule has 0 aliphatic carbocycles. The number of rotatable bonds is 7. The summed E-state index contributed by atoms with van der Waals surface area (Å²) in [7, 11) is -3.83. The molecule has 1 aromatic carbocycles. The van der Waals surface area contributed by atoms with Gasteiger partial charge in [-0.05, 0) is 31.7 Å². The van der Waals surface area contributed by atoms with Crippen molar-refractivity contribution in [1.82, 2.24) is 9.62 Å². The summed E-state index contributed by atoms with van der Waals surface area (Å²) in [5.41, 5.74) is 0.182. The van der Waals surface area contributed by atoms with Crippen LogP contribution in [0.1, 0.15) is 37.7 Å². The van der Waals surface area contributed by atoms with Crippen LogP contribution in [0, 0.1) is 17.0 Å². The third kappa shape index (κ3) is 5.23. The van der Waals surface area contributed by atoms with E-state index in [1.54, 1.807) is 11.8 Å². The third-order valence-electron chi connectivity index (χ3n) is 4.24. The Bertz CT molecular complexity index is 748. The molecule has 1 saturated heterocycles. The Kier molecular flexibility index (Phi) is 6.49. The van der Waals surface area contributed by atoms with Crippen molar-refractivity contribution in [1.29, 1.82) is 0 Å². The van der Waals surface area contributed by atoms with Gasteiger partial charge in [-0.15, -0.1) is 0 Å². The van der Waals surface area contributed by atoms with Gasteiger partial charge < -0.3 is 4.90 Å². The van der Waals surface area contributed by atoms with Crippen LogP contribution in [0.4, 0.5) is 5.69 Å². The van der Waals surface area contributed by atoms with Crippen LogP contribution in [-0.4, -0.2) is 43.8 Å². The fourth-order valence-corrected chi connectivity index (χ4v) is 4.16. The van der Waals surface area contributed by atoms with Crippen LogP contribution < -0.4 is 4.72 Å². The third-order valence-corrected chi connectivity index (χ3v) is 5.84. The highest BCUT2D eigenvalue weighted by atomic mass is 32.2. The molecule has 0 atom stereocenters. The highest BCUT2D eigenvalue weighted by molar-refractivity contribution is 7.89. The van der Waals surface area contributed by atoms with Gasteiger partial charge >= 0.3 is 0 Å². The number of carbonyl (C=O) groups excluding carboxylic acids is 1. The number of likely N-dealkylation sites (tertiary alicyclic amines) is 1. The topological polar surface area (TPSA) is 110 Å². The van der Waals surface area contributed by atoms with E-state index >= 15 is 0 Å². The molecule has 1 amide bonds. The second-order valence-corrected chi connectivity index (χ2v) is 7.89. The second kappa shape index (κ2) is 8.39. The summed E-state index contributed by atoms with van der Waals surface area (Å²) in [6.45, 7) is 2.99. The average Bonchev–Trinajstić information content (AvgIpc) is 2.76. The molecule has 1 aromatic rings. The molecule has 138 valence electrons. The Morgan fingerprint density at radius 1 is 1.28 bits per heavy atom. The lowest BCUT2D eigenvalue weighted by Gasteiger charge is -2.20. The molecule has 0 bridgehead atoms. The Balaban J connectivity index is 1.94. The number of aryl methyl sites for hydroxylation is 1. The van der Waals surface area contributed by atoms with Gasteiger partial charge in [0.15, 0.2) is 0 Å². The van der Waals surface area contributed by atoms with Gasteiger partial charge in [0.2, 0.25) is 15.9 Å². The first kappa shape index (κ1) is 19.3. The number of non-ortho nitro benzene ring substituents is 1. The van der Waals surface area contributed by atoms with Crippen LogP contribution in [0.2, 0.25) is 0 Å². The van der Waals surface area contributed by atoms with E-state index in [-0.39, 0.29) is 23.0 Å². The molecular weight excluding hydrogens is 346 g/mol. The second-order valence-electron chi connectivity index (χ2n) is 6.15. The quantitative estimate of drug-likeness (QED) is 0.449. The summed E-state index contributed by atoms with van der Waals surface area (Å²) >= 11 is 0. The van der Waals surface area contributed by atoms with Gasteiger partial charge in [0.05, 0.1) is 9.82 Å². The minimum atomic E-state index is -3.83. The molecule has 0 saturated carbocycles. The maximum Gasteiger partial charge on any atom is 0.270 e. The average molecular weight is 369 g/mol. The maximum absolute atomic E-state index is 12.4. The predicted molar refractivity (Wildman–Crippen MR) is 92.7 cm³/mol. The highest BCUT2D eigenvalue weighted by Gasteiger charge is 2.21. The molecule has 1 heterocycles. The van der Waals surface area contributed by atoms with Gasteiger partial charge in [-0.3, -0.25) is 14.9 Å². The number of nitro groups is 1. The summed E-state index contributed by atoms with van der Waals surface area (Å²) in [6, 6.07) is 3.76. The molecule has 0 unspecified atom stereocenters. The van der Waals surface area contributed by atoms with E-state index in [0.717, 1.165) is 31.9 Å². The molecule has 0 aromatic heterocycles. The standard InChI is InChI=1S/C16H23N3O5S/c1-13-7-8-14(19(21)22)12-15(13)25(23,24)17-9-5-11-18-10-4-2-3-6-16(18)20/h7-8,12,17H,2-6,9-11H2,1H3. The lowest BCUT2D eigenvalue weighted by atomic mass is 10.2. The Hall–Kier alpha value is -2.00. The maximum atomic E-state index is 12.4. The van der Waals surface area contributed by atoms with Crippen molar-refractivity contribution in [3.05, 3.63) is 33.9 Å². The van der Waals surface area contributed by atoms with Crippen molar-refractivity contribution in [2.45, 2.75) is 43.9 Å². The van der Waals surface area contributed by atoms with Crippen LogP contribution in [0.3, 0.4) is 0 Å². The van der Waals surface area contributed by atoms with E-state index in [1.165, 1.54) is 12.1 Å². The zero-order valence-electron chi connectivity index (χ0n) is 14.2. The van der Waals surface area contributed by atoms with Crippen molar-refractivity contribution in [3.63, 3.8) is 0 Å². The minimum absolute atomic E-state index is 0.0902. The number of amides is 1. The molecule has 9 heteroatoms. The monoisotopic (exact) mass is 369 g/mol. The van der Waals surface area contributed by atoms with Crippen LogP contribution >= 0.6 is 0 Å².